The molecule has 1 heterocycles. The molecule has 9 heteroatoms. The maximum absolute atomic E-state index is 13.8. The van der Waals surface area contributed by atoms with E-state index in [2.05, 4.69) is 0 Å². The average molecular weight is 375 g/mol. The number of piperidine rings is 1. The van der Waals surface area contributed by atoms with Crippen LogP contribution in [-0.4, -0.2) is 32.3 Å². The standard InChI is InChI=1S/C12H11Cl3FNO3S/c13-9-7(12(18)17-4-2-1-3-5-17)6-8(16)10(14)11(9)21(15,19)20/h6H,1-5H2. The minimum absolute atomic E-state index is 0.250. The number of nitrogens with zero attached hydrogens (tertiary/aromatic N) is 1. The van der Waals surface area contributed by atoms with Crippen LogP contribution in [0.5, 0.6) is 0 Å². The van der Waals surface area contributed by atoms with E-state index in [9.17, 15) is 17.6 Å². The van der Waals surface area contributed by atoms with Crippen molar-refractivity contribution in [2.24, 2.45) is 0 Å². The van der Waals surface area contributed by atoms with Crippen LogP contribution in [0.15, 0.2) is 11.0 Å². The molecule has 1 aromatic carbocycles. The van der Waals surface area contributed by atoms with E-state index < -0.39 is 35.7 Å². The predicted octanol–water partition coefficient (Wildman–Crippen LogP) is 3.69. The van der Waals surface area contributed by atoms with E-state index in [4.69, 9.17) is 33.9 Å². The summed E-state index contributed by atoms with van der Waals surface area (Å²) in [5.74, 6) is -1.59. The van der Waals surface area contributed by atoms with Crippen LogP contribution in [0.4, 0.5) is 4.39 Å². The predicted molar refractivity (Wildman–Crippen MR) is 79.2 cm³/mol. The Balaban J connectivity index is 2.55. The van der Waals surface area contributed by atoms with E-state index in [1.54, 1.807) is 0 Å². The lowest BCUT2D eigenvalue weighted by atomic mass is 10.1. The van der Waals surface area contributed by atoms with Gasteiger partial charge >= 0.3 is 0 Å². The first-order chi connectivity index (χ1) is 9.73. The summed E-state index contributed by atoms with van der Waals surface area (Å²) < 4.78 is 36.8. The molecule has 0 atom stereocenters. The first-order valence-electron chi connectivity index (χ1n) is 6.15. The number of amides is 1. The molecule has 0 aromatic heterocycles. The largest absolute Gasteiger partial charge is 0.339 e. The van der Waals surface area contributed by atoms with Gasteiger partial charge < -0.3 is 4.90 Å². The number of carbonyl (C=O) groups excluding carboxylic acids is 1. The normalized spacial score (nSPS) is 16.1. The van der Waals surface area contributed by atoms with Crippen molar-refractivity contribution in [1.29, 1.82) is 0 Å². The summed E-state index contributed by atoms with van der Waals surface area (Å²) in [6.07, 6.45) is 2.67. The van der Waals surface area contributed by atoms with Crippen LogP contribution in [0.25, 0.3) is 0 Å². The number of benzene rings is 1. The van der Waals surface area contributed by atoms with Crippen molar-refractivity contribution in [3.63, 3.8) is 0 Å². The molecule has 0 unspecified atom stereocenters. The summed E-state index contributed by atoms with van der Waals surface area (Å²) in [7, 11) is 0.839. The molecule has 0 aliphatic carbocycles. The van der Waals surface area contributed by atoms with Gasteiger partial charge in [-0.2, -0.15) is 0 Å². The Hall–Kier alpha value is -0.560. The highest BCUT2D eigenvalue weighted by Gasteiger charge is 2.29. The van der Waals surface area contributed by atoms with Crippen LogP contribution in [0.1, 0.15) is 29.6 Å². The molecule has 1 fully saturated rings. The Morgan fingerprint density at radius 2 is 1.71 bits per heavy atom. The second-order valence-corrected chi connectivity index (χ2v) is 7.91. The van der Waals surface area contributed by atoms with Crippen LogP contribution in [-0.2, 0) is 9.05 Å². The lowest BCUT2D eigenvalue weighted by molar-refractivity contribution is 0.0724. The van der Waals surface area contributed by atoms with Gasteiger partial charge in [0.2, 0.25) is 0 Å². The van der Waals surface area contributed by atoms with Crippen LogP contribution in [0.2, 0.25) is 10.0 Å². The zero-order valence-corrected chi connectivity index (χ0v) is 13.8. The molecular formula is C12H11Cl3FNO3S. The highest BCUT2D eigenvalue weighted by molar-refractivity contribution is 8.14. The van der Waals surface area contributed by atoms with Gasteiger partial charge in [-0.05, 0) is 25.3 Å². The molecule has 1 aliphatic heterocycles. The average Bonchev–Trinajstić information content (AvgIpc) is 2.42. The zero-order valence-electron chi connectivity index (χ0n) is 10.7. The number of halogens is 4. The van der Waals surface area contributed by atoms with Crippen LogP contribution in [0.3, 0.4) is 0 Å². The first-order valence-corrected chi connectivity index (χ1v) is 9.21. The Kier molecular flexibility index (Phi) is 5.03. The number of carbonyl (C=O) groups is 1. The van der Waals surface area contributed by atoms with Gasteiger partial charge in [-0.1, -0.05) is 23.2 Å². The van der Waals surface area contributed by atoms with E-state index >= 15 is 0 Å². The van der Waals surface area contributed by atoms with Crippen molar-refractivity contribution in [3.05, 3.63) is 27.5 Å². The SMILES string of the molecule is O=C(c1cc(F)c(Cl)c(S(=O)(=O)Cl)c1Cl)N1CCCCC1. The van der Waals surface area contributed by atoms with Crippen molar-refractivity contribution in [3.8, 4) is 0 Å². The third kappa shape index (κ3) is 3.44. The molecule has 0 N–H and O–H groups in total. The summed E-state index contributed by atoms with van der Waals surface area (Å²) in [4.78, 5) is 13.1. The van der Waals surface area contributed by atoms with E-state index in [0.29, 0.717) is 13.1 Å². The Labute approximate surface area is 136 Å². The molecule has 21 heavy (non-hydrogen) atoms. The molecule has 0 radical (unpaired) electrons. The Bertz CT molecular complexity index is 687. The van der Waals surface area contributed by atoms with Crippen molar-refractivity contribution in [2.75, 3.05) is 13.1 Å². The topological polar surface area (TPSA) is 54.5 Å². The summed E-state index contributed by atoms with van der Waals surface area (Å²) >= 11 is 11.5. The molecule has 116 valence electrons. The van der Waals surface area contributed by atoms with Gasteiger partial charge in [0.15, 0.2) is 0 Å². The fraction of sp³-hybridized carbons (Fsp3) is 0.417. The monoisotopic (exact) mass is 373 g/mol. The Morgan fingerprint density at radius 1 is 1.14 bits per heavy atom. The zero-order chi connectivity index (χ0) is 15.8. The van der Waals surface area contributed by atoms with Gasteiger partial charge in [0.25, 0.3) is 15.0 Å². The minimum atomic E-state index is -4.38. The molecule has 1 aromatic rings. The molecule has 1 aliphatic rings. The van der Waals surface area contributed by atoms with Crippen molar-refractivity contribution in [1.82, 2.24) is 4.90 Å². The quantitative estimate of drug-likeness (QED) is 0.586. The van der Waals surface area contributed by atoms with Gasteiger partial charge in [-0.3, -0.25) is 4.79 Å². The smallest absolute Gasteiger partial charge is 0.264 e. The molecule has 1 saturated heterocycles. The highest BCUT2D eigenvalue weighted by Crippen LogP contribution is 2.37. The maximum Gasteiger partial charge on any atom is 0.264 e. The fourth-order valence-electron chi connectivity index (χ4n) is 2.22. The van der Waals surface area contributed by atoms with Gasteiger partial charge in [0.05, 0.1) is 15.6 Å². The molecule has 1 amide bonds. The van der Waals surface area contributed by atoms with Gasteiger partial charge in [0, 0.05) is 23.8 Å². The second kappa shape index (κ2) is 6.28. The molecule has 0 bridgehead atoms. The molecule has 4 nitrogen and oxygen atoms in total. The third-order valence-electron chi connectivity index (χ3n) is 3.23. The fourth-order valence-corrected chi connectivity index (χ4v) is 4.59. The van der Waals surface area contributed by atoms with E-state index in [-0.39, 0.29) is 5.56 Å². The Morgan fingerprint density at radius 3 is 2.24 bits per heavy atom. The van der Waals surface area contributed by atoms with Crippen LogP contribution in [0, 0.1) is 5.82 Å². The van der Waals surface area contributed by atoms with Crippen molar-refractivity contribution < 1.29 is 17.6 Å². The number of likely N-dealkylation sites (tertiary alicyclic amines) is 1. The summed E-state index contributed by atoms with van der Waals surface area (Å²) in [6.45, 7) is 1.03. The van der Waals surface area contributed by atoms with Crippen molar-refractivity contribution >= 4 is 48.8 Å². The lowest BCUT2D eigenvalue weighted by Gasteiger charge is -2.27. The second-order valence-electron chi connectivity index (χ2n) is 4.65. The summed E-state index contributed by atoms with van der Waals surface area (Å²) in [5.41, 5.74) is -0.250. The molecule has 0 spiro atoms. The molecule has 0 saturated carbocycles. The van der Waals surface area contributed by atoms with E-state index in [1.165, 1.54) is 4.90 Å². The van der Waals surface area contributed by atoms with Gasteiger partial charge in [-0.25, -0.2) is 12.8 Å². The number of hydrogen-bond donors (Lipinski definition) is 0. The van der Waals surface area contributed by atoms with Gasteiger partial charge in [-0.15, -0.1) is 0 Å². The molecule has 2 rings (SSSR count). The number of hydrogen-bond acceptors (Lipinski definition) is 3. The first kappa shape index (κ1) is 16.8. The minimum Gasteiger partial charge on any atom is -0.339 e. The molecular weight excluding hydrogens is 364 g/mol. The lowest BCUT2D eigenvalue weighted by Crippen LogP contribution is -2.36. The highest BCUT2D eigenvalue weighted by atomic mass is 35.7. The van der Waals surface area contributed by atoms with Crippen LogP contribution < -0.4 is 0 Å². The van der Waals surface area contributed by atoms with Crippen LogP contribution >= 0.6 is 33.9 Å². The number of rotatable bonds is 2. The third-order valence-corrected chi connectivity index (χ3v) is 5.58. The van der Waals surface area contributed by atoms with Gasteiger partial charge in [0.1, 0.15) is 10.7 Å². The maximum atomic E-state index is 13.8. The van der Waals surface area contributed by atoms with Crippen molar-refractivity contribution in [2.45, 2.75) is 24.2 Å². The summed E-state index contributed by atoms with van der Waals surface area (Å²) in [5, 5.41) is -1.17. The van der Waals surface area contributed by atoms with E-state index in [0.717, 1.165) is 25.3 Å². The van der Waals surface area contributed by atoms with E-state index in [1.807, 2.05) is 0 Å². The summed E-state index contributed by atoms with van der Waals surface area (Å²) in [6, 6.07) is 0.840.